The average Bonchev–Trinajstić information content (AvgIpc) is 3.06. The topological polar surface area (TPSA) is 69.8 Å². The van der Waals surface area contributed by atoms with Gasteiger partial charge in [-0.2, -0.15) is 4.52 Å². The molecule has 0 bridgehead atoms. The summed E-state index contributed by atoms with van der Waals surface area (Å²) in [7, 11) is 0. The molecular formula is C16H16F2N6O. The van der Waals surface area contributed by atoms with Gasteiger partial charge >= 0.3 is 0 Å². The molecule has 1 aliphatic rings. The fraction of sp³-hybridized carbons (Fsp3) is 0.312. The van der Waals surface area contributed by atoms with Gasteiger partial charge in [-0.25, -0.2) is 8.78 Å². The van der Waals surface area contributed by atoms with Crippen molar-refractivity contribution in [1.82, 2.24) is 19.8 Å². The van der Waals surface area contributed by atoms with Gasteiger partial charge in [-0.15, -0.1) is 15.3 Å². The van der Waals surface area contributed by atoms with Crippen molar-refractivity contribution in [2.24, 2.45) is 0 Å². The van der Waals surface area contributed by atoms with E-state index in [0.717, 1.165) is 23.3 Å². The molecule has 2 aromatic heterocycles. The number of nitrogens with zero attached hydrogens (tertiary/aromatic N) is 6. The van der Waals surface area contributed by atoms with Gasteiger partial charge in [0, 0.05) is 31.9 Å². The summed E-state index contributed by atoms with van der Waals surface area (Å²) in [5, 5.41) is 20.9. The zero-order valence-corrected chi connectivity index (χ0v) is 13.3. The minimum Gasteiger partial charge on any atom is -0.508 e. The Bertz CT molecular complexity index is 874. The lowest BCUT2D eigenvalue weighted by atomic mass is 10.2. The molecule has 25 heavy (non-hydrogen) atoms. The number of hydrogen-bond acceptors (Lipinski definition) is 6. The number of phenolic OH excluding ortho intramolecular Hbond substituents is 1. The molecule has 1 N–H and O–H groups in total. The van der Waals surface area contributed by atoms with Crippen molar-refractivity contribution in [2.75, 3.05) is 36.0 Å². The van der Waals surface area contributed by atoms with Crippen molar-refractivity contribution in [3.63, 3.8) is 0 Å². The summed E-state index contributed by atoms with van der Waals surface area (Å²) < 4.78 is 27.0. The quantitative estimate of drug-likeness (QED) is 0.783. The second-order valence-corrected chi connectivity index (χ2v) is 5.81. The van der Waals surface area contributed by atoms with Crippen LogP contribution in [0.4, 0.5) is 20.3 Å². The largest absolute Gasteiger partial charge is 0.508 e. The van der Waals surface area contributed by atoms with Crippen LogP contribution in [0, 0.1) is 0 Å². The fourth-order valence-electron chi connectivity index (χ4n) is 2.96. The Balaban J connectivity index is 1.51. The standard InChI is InChI=1S/C16H16F2N6O/c17-15(18)16-20-19-13-5-6-14(21-24(13)16)23-9-7-22(8-10-23)11-1-3-12(25)4-2-11/h1-6,15,25H,7-10H2. The summed E-state index contributed by atoms with van der Waals surface area (Å²) >= 11 is 0. The Kier molecular flexibility index (Phi) is 3.83. The van der Waals surface area contributed by atoms with Crippen LogP contribution in [0.15, 0.2) is 36.4 Å². The molecule has 0 spiro atoms. The van der Waals surface area contributed by atoms with Crippen molar-refractivity contribution in [2.45, 2.75) is 6.43 Å². The normalized spacial score (nSPS) is 15.3. The number of aromatic hydroxyl groups is 1. The summed E-state index contributed by atoms with van der Waals surface area (Å²) in [6.07, 6.45) is -2.72. The van der Waals surface area contributed by atoms with E-state index in [1.165, 1.54) is 0 Å². The molecule has 1 saturated heterocycles. The van der Waals surface area contributed by atoms with E-state index >= 15 is 0 Å². The summed E-state index contributed by atoms with van der Waals surface area (Å²) in [6.45, 7) is 2.97. The number of hydrogen-bond donors (Lipinski definition) is 1. The minimum atomic E-state index is -2.72. The number of fused-ring (bicyclic) bond motifs is 1. The van der Waals surface area contributed by atoms with Crippen molar-refractivity contribution in [1.29, 1.82) is 0 Å². The molecule has 1 fully saturated rings. The van der Waals surface area contributed by atoms with E-state index in [2.05, 4.69) is 20.2 Å². The molecule has 4 rings (SSSR count). The Labute approximate surface area is 142 Å². The van der Waals surface area contributed by atoms with Gasteiger partial charge < -0.3 is 14.9 Å². The third kappa shape index (κ3) is 2.92. The molecule has 1 aromatic carbocycles. The highest BCUT2D eigenvalue weighted by Crippen LogP contribution is 2.23. The maximum Gasteiger partial charge on any atom is 0.299 e. The predicted octanol–water partition coefficient (Wildman–Crippen LogP) is 2.09. The molecule has 0 unspecified atom stereocenters. The van der Waals surface area contributed by atoms with Gasteiger partial charge in [0.15, 0.2) is 5.65 Å². The van der Waals surface area contributed by atoms with Crippen LogP contribution >= 0.6 is 0 Å². The fourth-order valence-corrected chi connectivity index (χ4v) is 2.96. The minimum absolute atomic E-state index is 0.240. The van der Waals surface area contributed by atoms with Crippen LogP contribution in [0.3, 0.4) is 0 Å². The van der Waals surface area contributed by atoms with Gasteiger partial charge in [-0.3, -0.25) is 0 Å². The molecule has 0 atom stereocenters. The number of alkyl halides is 2. The number of rotatable bonds is 3. The van der Waals surface area contributed by atoms with Crippen molar-refractivity contribution in [3.05, 3.63) is 42.2 Å². The van der Waals surface area contributed by atoms with Crippen LogP contribution in [0.5, 0.6) is 5.75 Å². The Morgan fingerprint density at radius 2 is 1.56 bits per heavy atom. The predicted molar refractivity (Wildman–Crippen MR) is 88.3 cm³/mol. The highest BCUT2D eigenvalue weighted by molar-refractivity contribution is 5.52. The van der Waals surface area contributed by atoms with Crippen LogP contribution in [0.1, 0.15) is 12.2 Å². The molecule has 7 nitrogen and oxygen atoms in total. The van der Waals surface area contributed by atoms with E-state index in [-0.39, 0.29) is 5.75 Å². The average molecular weight is 346 g/mol. The first-order valence-corrected chi connectivity index (χ1v) is 7.91. The van der Waals surface area contributed by atoms with Crippen LogP contribution in [0.25, 0.3) is 5.65 Å². The zero-order valence-electron chi connectivity index (χ0n) is 13.3. The summed E-state index contributed by atoms with van der Waals surface area (Å²) in [5.41, 5.74) is 1.35. The maximum atomic E-state index is 13.0. The van der Waals surface area contributed by atoms with E-state index in [0.29, 0.717) is 24.6 Å². The molecule has 1 aliphatic heterocycles. The van der Waals surface area contributed by atoms with E-state index < -0.39 is 12.2 Å². The number of aromatic nitrogens is 4. The molecular weight excluding hydrogens is 330 g/mol. The van der Waals surface area contributed by atoms with Gasteiger partial charge in [-0.05, 0) is 36.4 Å². The highest BCUT2D eigenvalue weighted by atomic mass is 19.3. The number of benzene rings is 1. The smallest absolute Gasteiger partial charge is 0.299 e. The highest BCUT2D eigenvalue weighted by Gasteiger charge is 2.21. The SMILES string of the molecule is Oc1ccc(N2CCN(c3ccc4nnc(C(F)F)n4n3)CC2)cc1. The number of anilines is 2. The molecule has 0 amide bonds. The van der Waals surface area contributed by atoms with Gasteiger partial charge in [0.05, 0.1) is 0 Å². The van der Waals surface area contributed by atoms with Gasteiger partial charge in [-0.1, -0.05) is 0 Å². The molecule has 9 heteroatoms. The molecule has 130 valence electrons. The first-order valence-electron chi connectivity index (χ1n) is 7.91. The molecule has 0 aliphatic carbocycles. The van der Waals surface area contributed by atoms with Gasteiger partial charge in [0.1, 0.15) is 11.6 Å². The van der Waals surface area contributed by atoms with Gasteiger partial charge in [0.25, 0.3) is 6.43 Å². The Hall–Kier alpha value is -2.97. The lowest BCUT2D eigenvalue weighted by molar-refractivity contribution is 0.137. The Morgan fingerprint density at radius 3 is 2.24 bits per heavy atom. The second kappa shape index (κ2) is 6.15. The summed E-state index contributed by atoms with van der Waals surface area (Å²) in [6, 6.07) is 10.5. The molecule has 0 saturated carbocycles. The monoisotopic (exact) mass is 346 g/mol. The zero-order chi connectivity index (χ0) is 17.4. The number of halogens is 2. The van der Waals surface area contributed by atoms with Crippen LogP contribution in [-0.4, -0.2) is 51.1 Å². The first-order chi connectivity index (χ1) is 12.1. The van der Waals surface area contributed by atoms with Crippen LogP contribution < -0.4 is 9.80 Å². The van der Waals surface area contributed by atoms with Crippen LogP contribution in [0.2, 0.25) is 0 Å². The first kappa shape index (κ1) is 15.6. The number of piperazine rings is 1. The van der Waals surface area contributed by atoms with E-state index in [1.807, 2.05) is 17.0 Å². The summed E-state index contributed by atoms with van der Waals surface area (Å²) in [5.74, 6) is 0.419. The Morgan fingerprint density at radius 1 is 0.880 bits per heavy atom. The van der Waals surface area contributed by atoms with Gasteiger partial charge in [0.2, 0.25) is 5.82 Å². The van der Waals surface area contributed by atoms with Crippen molar-refractivity contribution < 1.29 is 13.9 Å². The maximum absolute atomic E-state index is 13.0. The van der Waals surface area contributed by atoms with Crippen molar-refractivity contribution >= 4 is 17.2 Å². The van der Waals surface area contributed by atoms with E-state index in [9.17, 15) is 13.9 Å². The summed E-state index contributed by atoms with van der Waals surface area (Å²) in [4.78, 5) is 4.25. The lowest BCUT2D eigenvalue weighted by Gasteiger charge is -2.36. The van der Waals surface area contributed by atoms with Crippen molar-refractivity contribution in [3.8, 4) is 5.75 Å². The molecule has 0 radical (unpaired) electrons. The third-order valence-corrected chi connectivity index (χ3v) is 4.29. The third-order valence-electron chi connectivity index (χ3n) is 4.29. The second-order valence-electron chi connectivity index (χ2n) is 5.81. The molecule has 3 aromatic rings. The molecule has 3 heterocycles. The lowest BCUT2D eigenvalue weighted by Crippen LogP contribution is -2.47. The van der Waals surface area contributed by atoms with Crippen LogP contribution in [-0.2, 0) is 0 Å². The number of phenols is 1. The van der Waals surface area contributed by atoms with E-state index in [4.69, 9.17) is 0 Å². The van der Waals surface area contributed by atoms with E-state index in [1.54, 1.807) is 24.3 Å².